The molecule has 3 saturated heterocycles. The smallest absolute Gasteiger partial charge is 0.251 e. The lowest BCUT2D eigenvalue weighted by Crippen LogP contribution is -2.54. The standard InChI is InChI=1S/C54H52F2N10O3/c1-32-22-39(52-44-27-36(7-11-47(44)62-64-52)54(68)60-48-12-8-42-9-13-50(48)66(42)29-37-4-2-3-5-45(37)56)28-49(58-32)38-23-33(24-40(55)25-38)16-19-65-20-21-69-31-41(30-65)59-53(67)35-6-10-46-43(26-35)51(63-61-46)34-14-17-57-18-15-34/h2-7,10-11,14-15,17-18,22-28,41-42,48,50H,8-9,12-13,16,19-21,29-31H2,1H3,(H,59,67)(H,60,68)(H,61,63)(H,62,64). The number of hydrogen-bond donors (Lipinski definition) is 4. The van der Waals surface area contributed by atoms with Crippen molar-refractivity contribution in [1.82, 2.24) is 50.8 Å². The number of pyridine rings is 2. The summed E-state index contributed by atoms with van der Waals surface area (Å²) in [7, 11) is 0. The molecule has 0 radical (unpaired) electrons. The van der Waals surface area contributed by atoms with Crippen LogP contribution in [0.2, 0.25) is 0 Å². The number of aryl methyl sites for hydroxylation is 1. The Morgan fingerprint density at radius 3 is 2.26 bits per heavy atom. The third-order valence-corrected chi connectivity index (χ3v) is 14.1. The zero-order valence-corrected chi connectivity index (χ0v) is 38.2. The fraction of sp³-hybridized carbons (Fsp3) is 0.296. The number of piperidine rings is 1. The largest absolute Gasteiger partial charge is 0.378 e. The number of amides is 2. The molecule has 0 saturated carbocycles. The van der Waals surface area contributed by atoms with Crippen LogP contribution in [0.1, 0.15) is 63.2 Å². The first-order valence-electron chi connectivity index (χ1n) is 23.8. The number of hydrogen-bond acceptors (Lipinski definition) is 9. The van der Waals surface area contributed by atoms with Gasteiger partial charge in [0.25, 0.3) is 11.8 Å². The molecule has 3 aliphatic rings. The zero-order valence-electron chi connectivity index (χ0n) is 38.2. The summed E-state index contributed by atoms with van der Waals surface area (Å²) in [6.45, 7) is 5.20. The molecule has 11 rings (SSSR count). The predicted molar refractivity (Wildman–Crippen MR) is 260 cm³/mol. The third-order valence-electron chi connectivity index (χ3n) is 14.1. The van der Waals surface area contributed by atoms with Crippen LogP contribution < -0.4 is 10.6 Å². The number of halogens is 2. The van der Waals surface area contributed by atoms with Gasteiger partial charge in [0.1, 0.15) is 23.0 Å². The van der Waals surface area contributed by atoms with E-state index in [0.29, 0.717) is 85.5 Å². The second kappa shape index (κ2) is 19.1. The second-order valence-corrected chi connectivity index (χ2v) is 18.6. The first-order valence-corrected chi connectivity index (χ1v) is 23.8. The van der Waals surface area contributed by atoms with E-state index < -0.39 is 0 Å². The van der Waals surface area contributed by atoms with E-state index in [1.54, 1.807) is 30.6 Å². The molecule has 3 aliphatic heterocycles. The first kappa shape index (κ1) is 44.3. The van der Waals surface area contributed by atoms with Crippen LogP contribution in [0.3, 0.4) is 0 Å². The number of nitrogens with zero attached hydrogens (tertiary/aromatic N) is 6. The number of aromatic nitrogens is 6. The van der Waals surface area contributed by atoms with Gasteiger partial charge in [0.2, 0.25) is 0 Å². The second-order valence-electron chi connectivity index (χ2n) is 18.6. The summed E-state index contributed by atoms with van der Waals surface area (Å²) < 4.78 is 36.1. The molecule has 2 amide bonds. The quantitative estimate of drug-likeness (QED) is 0.0945. The van der Waals surface area contributed by atoms with E-state index in [4.69, 9.17) is 14.8 Å². The van der Waals surface area contributed by atoms with Crippen LogP contribution in [-0.4, -0.2) is 109 Å². The van der Waals surface area contributed by atoms with Crippen molar-refractivity contribution >= 4 is 33.6 Å². The highest BCUT2D eigenvalue weighted by molar-refractivity contribution is 6.03. The molecule has 350 valence electrons. The molecule has 3 fully saturated rings. The SMILES string of the molecule is Cc1cc(-c2n[nH]c3ccc(C(=O)NC4CCC5CCC4N5Cc4ccccc4F)cc23)cc(-c2cc(F)cc(CCN3CCOCC(NC(=O)c4ccc5[nH]nc(-c6ccncc6)c5c4)C3)c2)n1. The Morgan fingerprint density at radius 2 is 1.49 bits per heavy atom. The first-order chi connectivity index (χ1) is 33.7. The van der Waals surface area contributed by atoms with Crippen molar-refractivity contribution in [2.45, 2.75) is 69.7 Å². The Hall–Kier alpha value is -7.20. The minimum absolute atomic E-state index is 0.0455. The van der Waals surface area contributed by atoms with Crippen molar-refractivity contribution in [2.75, 3.05) is 32.8 Å². The fourth-order valence-corrected chi connectivity index (χ4v) is 10.6. The minimum atomic E-state index is -0.360. The molecule has 13 nitrogen and oxygen atoms in total. The number of carbonyl (C=O) groups excluding carboxylic acids is 2. The Labute approximate surface area is 397 Å². The number of H-pyrrole nitrogens is 2. The van der Waals surface area contributed by atoms with Gasteiger partial charge in [-0.25, -0.2) is 8.78 Å². The maximum Gasteiger partial charge on any atom is 0.251 e. The number of aromatic amines is 2. The number of fused-ring (bicyclic) bond motifs is 4. The Morgan fingerprint density at radius 1 is 0.768 bits per heavy atom. The summed E-state index contributed by atoms with van der Waals surface area (Å²) in [5, 5.41) is 23.5. The highest BCUT2D eigenvalue weighted by atomic mass is 19.1. The molecule has 8 aromatic rings. The minimum Gasteiger partial charge on any atom is -0.378 e. The van der Waals surface area contributed by atoms with Gasteiger partial charge < -0.3 is 15.4 Å². The van der Waals surface area contributed by atoms with Crippen molar-refractivity contribution < 1.29 is 23.1 Å². The van der Waals surface area contributed by atoms with Gasteiger partial charge in [-0.05, 0) is 130 Å². The van der Waals surface area contributed by atoms with Gasteiger partial charge in [-0.2, -0.15) is 10.2 Å². The Kier molecular flexibility index (Phi) is 12.2. The predicted octanol–water partition coefficient (Wildman–Crippen LogP) is 8.42. The van der Waals surface area contributed by atoms with Crippen LogP contribution in [-0.2, 0) is 17.7 Å². The molecule has 4 aromatic heterocycles. The summed E-state index contributed by atoms with van der Waals surface area (Å²) in [5.74, 6) is -0.911. The Bertz CT molecular complexity index is 3190. The van der Waals surface area contributed by atoms with Gasteiger partial charge in [0.15, 0.2) is 0 Å². The fourth-order valence-electron chi connectivity index (χ4n) is 10.6. The molecule has 7 heterocycles. The maximum absolute atomic E-state index is 15.5. The van der Waals surface area contributed by atoms with E-state index in [1.807, 2.05) is 79.7 Å². The van der Waals surface area contributed by atoms with Gasteiger partial charge >= 0.3 is 0 Å². The van der Waals surface area contributed by atoms with E-state index in [9.17, 15) is 14.0 Å². The molecule has 4 N–H and O–H groups in total. The topological polar surface area (TPSA) is 157 Å². The average Bonchev–Trinajstić information content (AvgIpc) is 4.01. The van der Waals surface area contributed by atoms with Crippen molar-refractivity contribution in [3.63, 3.8) is 0 Å². The number of ether oxygens (including phenoxy) is 1. The van der Waals surface area contributed by atoms with Gasteiger partial charge in [-0.1, -0.05) is 18.2 Å². The zero-order chi connectivity index (χ0) is 47.0. The van der Waals surface area contributed by atoms with Crippen molar-refractivity contribution in [2.24, 2.45) is 0 Å². The highest BCUT2D eigenvalue weighted by Gasteiger charge is 2.43. The maximum atomic E-state index is 15.5. The number of rotatable bonds is 12. The van der Waals surface area contributed by atoms with Crippen LogP contribution in [0.25, 0.3) is 55.6 Å². The molecular weight excluding hydrogens is 875 g/mol. The molecule has 2 bridgehead atoms. The van der Waals surface area contributed by atoms with E-state index in [-0.39, 0.29) is 41.6 Å². The summed E-state index contributed by atoms with van der Waals surface area (Å²) >= 11 is 0. The monoisotopic (exact) mass is 926 g/mol. The molecule has 0 spiro atoms. The molecule has 15 heteroatoms. The van der Waals surface area contributed by atoms with Crippen molar-refractivity contribution in [3.05, 3.63) is 155 Å². The molecule has 4 atom stereocenters. The van der Waals surface area contributed by atoms with Gasteiger partial charge in [-0.3, -0.25) is 39.6 Å². The normalized spacial score (nSPS) is 19.8. The van der Waals surface area contributed by atoms with E-state index in [1.165, 1.54) is 12.1 Å². The summed E-state index contributed by atoms with van der Waals surface area (Å²) in [6, 6.07) is 30.9. The number of benzene rings is 4. The van der Waals surface area contributed by atoms with Crippen LogP contribution in [0.5, 0.6) is 0 Å². The summed E-state index contributed by atoms with van der Waals surface area (Å²) in [6.07, 6.45) is 7.83. The lowest BCUT2D eigenvalue weighted by Gasteiger charge is -2.40. The lowest BCUT2D eigenvalue weighted by atomic mass is 9.95. The number of nitrogens with one attached hydrogen (secondary N) is 4. The summed E-state index contributed by atoms with van der Waals surface area (Å²) in [5.41, 5.74) is 9.27. The van der Waals surface area contributed by atoms with Gasteiger partial charge in [0.05, 0.1) is 36.0 Å². The van der Waals surface area contributed by atoms with E-state index in [2.05, 4.69) is 40.7 Å². The molecule has 0 aliphatic carbocycles. The van der Waals surface area contributed by atoms with E-state index in [0.717, 1.165) is 75.6 Å². The van der Waals surface area contributed by atoms with Crippen LogP contribution in [0, 0.1) is 18.6 Å². The lowest BCUT2D eigenvalue weighted by molar-refractivity contribution is 0.0772. The van der Waals surface area contributed by atoms with Crippen LogP contribution in [0.15, 0.2) is 116 Å². The van der Waals surface area contributed by atoms with Gasteiger partial charge in [-0.15, -0.1) is 0 Å². The number of carbonyl (C=O) groups is 2. The van der Waals surface area contributed by atoms with Crippen LogP contribution in [0.4, 0.5) is 8.78 Å². The molecular formula is C54H52F2N10O3. The van der Waals surface area contributed by atoms with Gasteiger partial charge in [0, 0.05) is 107 Å². The third kappa shape index (κ3) is 9.37. The Balaban J connectivity index is 0.760. The summed E-state index contributed by atoms with van der Waals surface area (Å²) in [4.78, 5) is 41.1. The molecule has 4 aromatic carbocycles. The highest BCUT2D eigenvalue weighted by Crippen LogP contribution is 2.38. The molecule has 69 heavy (non-hydrogen) atoms. The average molecular weight is 927 g/mol. The van der Waals surface area contributed by atoms with Crippen molar-refractivity contribution in [1.29, 1.82) is 0 Å². The molecule has 4 unspecified atom stereocenters. The van der Waals surface area contributed by atoms with Crippen molar-refractivity contribution in [3.8, 4) is 33.8 Å². The van der Waals surface area contributed by atoms with Crippen LogP contribution >= 0.6 is 0 Å². The van der Waals surface area contributed by atoms with E-state index >= 15 is 4.39 Å².